The number of methoxy groups -OCH3 is 1. The number of nitrogens with one attached hydrogen (secondary N) is 2. The van der Waals surface area contributed by atoms with E-state index in [-0.39, 0.29) is 16.9 Å². The van der Waals surface area contributed by atoms with Crippen molar-refractivity contribution in [1.29, 1.82) is 0 Å². The van der Waals surface area contributed by atoms with E-state index in [1.54, 1.807) is 7.11 Å². The minimum atomic E-state index is -0.384. The Labute approximate surface area is 149 Å². The Kier molecular flexibility index (Phi) is 4.58. The molecule has 0 unspecified atom stereocenters. The molecule has 2 aromatic rings. The van der Waals surface area contributed by atoms with Crippen molar-refractivity contribution in [3.8, 4) is 5.75 Å². The zero-order valence-electron chi connectivity index (χ0n) is 15.5. The van der Waals surface area contributed by atoms with Crippen molar-refractivity contribution < 1.29 is 9.53 Å². The van der Waals surface area contributed by atoms with Gasteiger partial charge >= 0.3 is 0 Å². The molecule has 1 aliphatic rings. The predicted molar refractivity (Wildman–Crippen MR) is 97.9 cm³/mol. The average molecular weight is 341 g/mol. The molecule has 0 atom stereocenters. The zero-order valence-corrected chi connectivity index (χ0v) is 15.5. The van der Waals surface area contributed by atoms with Gasteiger partial charge in [0.05, 0.1) is 12.6 Å². The van der Waals surface area contributed by atoms with E-state index in [1.165, 1.54) is 0 Å². The summed E-state index contributed by atoms with van der Waals surface area (Å²) < 4.78 is 5.55. The fraction of sp³-hybridized carbons (Fsp3) is 0.500. The molecule has 5 heteroatoms. The molecule has 1 fully saturated rings. The number of amides is 1. The number of carbonyl (C=O) groups is 1. The molecule has 25 heavy (non-hydrogen) atoms. The van der Waals surface area contributed by atoms with E-state index in [0.29, 0.717) is 5.69 Å². The first kappa shape index (κ1) is 17.5. The fourth-order valence-corrected chi connectivity index (χ4v) is 3.58. The summed E-state index contributed by atoms with van der Waals surface area (Å²) in [4.78, 5) is 12.9. The minimum absolute atomic E-state index is 0.0702. The van der Waals surface area contributed by atoms with E-state index in [0.717, 1.165) is 42.7 Å². The largest absolute Gasteiger partial charge is 0.496 e. The first-order valence-electron chi connectivity index (χ1n) is 8.88. The summed E-state index contributed by atoms with van der Waals surface area (Å²) in [5.74, 6) is 0.682. The molecule has 2 N–H and O–H groups in total. The third-order valence-electron chi connectivity index (χ3n) is 5.05. The van der Waals surface area contributed by atoms with Crippen LogP contribution in [0.15, 0.2) is 30.3 Å². The van der Waals surface area contributed by atoms with Gasteiger partial charge in [-0.25, -0.2) is 0 Å². The molecule has 5 nitrogen and oxygen atoms in total. The molecule has 3 rings (SSSR count). The van der Waals surface area contributed by atoms with Gasteiger partial charge in [-0.05, 0) is 25.0 Å². The zero-order chi connectivity index (χ0) is 18.1. The SMILES string of the molecule is COc1ccccc1C1(NC(=O)c2cc(C(C)(C)C)[nH]n2)CCCC1. The highest BCUT2D eigenvalue weighted by Gasteiger charge is 2.39. The smallest absolute Gasteiger partial charge is 0.272 e. The molecule has 134 valence electrons. The number of aromatic nitrogens is 2. The predicted octanol–water partition coefficient (Wildman–Crippen LogP) is 3.92. The summed E-state index contributed by atoms with van der Waals surface area (Å²) in [6, 6.07) is 9.80. The monoisotopic (exact) mass is 341 g/mol. The highest BCUT2D eigenvalue weighted by molar-refractivity contribution is 5.93. The van der Waals surface area contributed by atoms with E-state index in [2.05, 4.69) is 42.4 Å². The van der Waals surface area contributed by atoms with Crippen molar-refractivity contribution in [3.63, 3.8) is 0 Å². The highest BCUT2D eigenvalue weighted by atomic mass is 16.5. The third kappa shape index (κ3) is 3.41. The van der Waals surface area contributed by atoms with Gasteiger partial charge in [0.1, 0.15) is 11.4 Å². The van der Waals surface area contributed by atoms with Crippen LogP contribution in [0.2, 0.25) is 0 Å². The lowest BCUT2D eigenvalue weighted by molar-refractivity contribution is 0.0891. The van der Waals surface area contributed by atoms with Gasteiger partial charge in [0, 0.05) is 16.7 Å². The normalized spacial score (nSPS) is 16.6. The van der Waals surface area contributed by atoms with Crippen LogP contribution in [0.1, 0.15) is 68.2 Å². The molecule has 0 bridgehead atoms. The summed E-state index contributed by atoms with van der Waals surface area (Å²) in [5, 5.41) is 10.5. The molecule has 0 spiro atoms. The van der Waals surface area contributed by atoms with Crippen molar-refractivity contribution >= 4 is 5.91 Å². The van der Waals surface area contributed by atoms with Crippen LogP contribution >= 0.6 is 0 Å². The number of para-hydroxylation sites is 1. The van der Waals surface area contributed by atoms with Crippen LogP contribution in [0.4, 0.5) is 0 Å². The van der Waals surface area contributed by atoms with Gasteiger partial charge in [-0.15, -0.1) is 0 Å². The summed E-state index contributed by atoms with van der Waals surface area (Å²) in [5.41, 5.74) is 1.99. The Balaban J connectivity index is 1.90. The van der Waals surface area contributed by atoms with Crippen LogP contribution in [-0.4, -0.2) is 23.2 Å². The summed E-state index contributed by atoms with van der Waals surface area (Å²) in [6.45, 7) is 6.28. The molecular formula is C20H27N3O2. The van der Waals surface area contributed by atoms with E-state index in [4.69, 9.17) is 4.74 Å². The summed E-state index contributed by atoms with van der Waals surface area (Å²) in [6.07, 6.45) is 4.00. The molecule has 1 heterocycles. The summed E-state index contributed by atoms with van der Waals surface area (Å²) in [7, 11) is 1.67. The average Bonchev–Trinajstić information content (AvgIpc) is 3.24. The third-order valence-corrected chi connectivity index (χ3v) is 5.05. The number of H-pyrrole nitrogens is 1. The van der Waals surface area contributed by atoms with Crippen LogP contribution in [-0.2, 0) is 11.0 Å². The molecule has 1 aliphatic carbocycles. The number of nitrogens with zero attached hydrogens (tertiary/aromatic N) is 1. The number of ether oxygens (including phenoxy) is 1. The van der Waals surface area contributed by atoms with Crippen LogP contribution < -0.4 is 10.1 Å². The maximum Gasteiger partial charge on any atom is 0.272 e. The number of aromatic amines is 1. The fourth-order valence-electron chi connectivity index (χ4n) is 3.58. The van der Waals surface area contributed by atoms with Crippen molar-refractivity contribution in [3.05, 3.63) is 47.3 Å². The van der Waals surface area contributed by atoms with Gasteiger partial charge in [-0.1, -0.05) is 51.8 Å². The quantitative estimate of drug-likeness (QED) is 0.886. The van der Waals surface area contributed by atoms with E-state index < -0.39 is 0 Å². The van der Waals surface area contributed by atoms with E-state index in [1.807, 2.05) is 24.3 Å². The van der Waals surface area contributed by atoms with Gasteiger partial charge in [-0.2, -0.15) is 5.10 Å². The molecule has 1 saturated carbocycles. The maximum atomic E-state index is 12.9. The van der Waals surface area contributed by atoms with Crippen LogP contribution in [0.5, 0.6) is 5.75 Å². The lowest BCUT2D eigenvalue weighted by Gasteiger charge is -2.32. The van der Waals surface area contributed by atoms with Gasteiger partial charge in [0.2, 0.25) is 0 Å². The lowest BCUT2D eigenvalue weighted by Crippen LogP contribution is -2.44. The van der Waals surface area contributed by atoms with Crippen LogP contribution in [0, 0.1) is 0 Å². The van der Waals surface area contributed by atoms with Crippen molar-refractivity contribution in [2.45, 2.75) is 57.4 Å². The summed E-state index contributed by atoms with van der Waals surface area (Å²) >= 11 is 0. The molecule has 1 amide bonds. The second-order valence-corrected chi connectivity index (χ2v) is 7.86. The van der Waals surface area contributed by atoms with E-state index in [9.17, 15) is 4.79 Å². The maximum absolute atomic E-state index is 12.9. The highest BCUT2D eigenvalue weighted by Crippen LogP contribution is 2.42. The van der Waals surface area contributed by atoms with Crippen molar-refractivity contribution in [2.75, 3.05) is 7.11 Å². The number of carbonyl (C=O) groups excluding carboxylic acids is 1. The number of benzene rings is 1. The van der Waals surface area contributed by atoms with Crippen molar-refractivity contribution in [2.24, 2.45) is 0 Å². The van der Waals surface area contributed by atoms with Crippen molar-refractivity contribution in [1.82, 2.24) is 15.5 Å². The number of hydrogen-bond donors (Lipinski definition) is 2. The second kappa shape index (κ2) is 6.54. The Bertz CT molecular complexity index is 752. The first-order chi connectivity index (χ1) is 11.9. The first-order valence-corrected chi connectivity index (χ1v) is 8.88. The molecule has 1 aromatic heterocycles. The molecular weight excluding hydrogens is 314 g/mol. The standard InChI is InChI=1S/C20H27N3O2/c1-19(2,3)17-13-15(22-23-17)18(24)21-20(11-7-8-12-20)14-9-5-6-10-16(14)25-4/h5-6,9-10,13H,7-8,11-12H2,1-4H3,(H,21,24)(H,22,23). The number of hydrogen-bond acceptors (Lipinski definition) is 3. The Morgan fingerprint density at radius 3 is 2.52 bits per heavy atom. The minimum Gasteiger partial charge on any atom is -0.496 e. The van der Waals surface area contributed by atoms with Crippen LogP contribution in [0.3, 0.4) is 0 Å². The Hall–Kier alpha value is -2.30. The Morgan fingerprint density at radius 2 is 1.92 bits per heavy atom. The lowest BCUT2D eigenvalue weighted by atomic mass is 9.87. The topological polar surface area (TPSA) is 67.0 Å². The van der Waals surface area contributed by atoms with Gasteiger partial charge < -0.3 is 10.1 Å². The number of rotatable bonds is 4. The molecule has 0 aliphatic heterocycles. The van der Waals surface area contributed by atoms with Crippen LogP contribution in [0.25, 0.3) is 0 Å². The molecule has 0 saturated heterocycles. The Morgan fingerprint density at radius 1 is 1.24 bits per heavy atom. The van der Waals surface area contributed by atoms with Gasteiger partial charge in [-0.3, -0.25) is 9.89 Å². The molecule has 0 radical (unpaired) electrons. The van der Waals surface area contributed by atoms with Gasteiger partial charge in [0.15, 0.2) is 0 Å². The molecule has 1 aromatic carbocycles. The second-order valence-electron chi connectivity index (χ2n) is 7.86. The van der Waals surface area contributed by atoms with Gasteiger partial charge in [0.25, 0.3) is 5.91 Å². The van der Waals surface area contributed by atoms with E-state index >= 15 is 0 Å².